The number of hydrogen-bond acceptors (Lipinski definition) is 7. The zero-order valence-corrected chi connectivity index (χ0v) is 15.9. The molecule has 0 aliphatic heterocycles. The summed E-state index contributed by atoms with van der Waals surface area (Å²) in [5.41, 5.74) is 0.391. The van der Waals surface area contributed by atoms with E-state index in [1.807, 2.05) is 24.4 Å². The van der Waals surface area contributed by atoms with Crippen molar-refractivity contribution >= 4 is 23.2 Å². The summed E-state index contributed by atoms with van der Waals surface area (Å²) in [5, 5.41) is 9.95. The highest BCUT2D eigenvalue weighted by atomic mass is 32.1. The Morgan fingerprint density at radius 1 is 1.30 bits per heavy atom. The monoisotopic (exact) mass is 388 g/mol. The van der Waals surface area contributed by atoms with E-state index < -0.39 is 5.97 Å². The van der Waals surface area contributed by atoms with Crippen LogP contribution < -0.4 is 0 Å². The van der Waals surface area contributed by atoms with Crippen LogP contribution in [0.3, 0.4) is 0 Å². The highest BCUT2D eigenvalue weighted by Crippen LogP contribution is 2.23. The Balaban J connectivity index is 1.60. The predicted molar refractivity (Wildman–Crippen MR) is 99.0 cm³/mol. The lowest BCUT2D eigenvalue weighted by Crippen LogP contribution is -2.35. The standard InChI is InChI=1S/C18H20N4O4S/c1-3-8-22(11-15-19-20-17(26-15)14-7-5-10-27-14)16(23)12-25-18(24)13-6-4-9-21(13)2/h4-7,9-10H,3,8,11-12H2,1-2H3. The van der Waals surface area contributed by atoms with Crippen molar-refractivity contribution in [1.29, 1.82) is 0 Å². The van der Waals surface area contributed by atoms with E-state index in [1.54, 1.807) is 34.8 Å². The van der Waals surface area contributed by atoms with Crippen molar-refractivity contribution in [1.82, 2.24) is 19.7 Å². The maximum atomic E-state index is 12.5. The summed E-state index contributed by atoms with van der Waals surface area (Å²) in [6.45, 7) is 2.29. The molecule has 0 saturated carbocycles. The normalized spacial score (nSPS) is 10.7. The molecule has 9 heteroatoms. The summed E-state index contributed by atoms with van der Waals surface area (Å²) in [5.74, 6) is -0.0756. The lowest BCUT2D eigenvalue weighted by molar-refractivity contribution is -0.135. The number of thiophene rings is 1. The van der Waals surface area contributed by atoms with Gasteiger partial charge in [-0.15, -0.1) is 21.5 Å². The number of hydrogen-bond donors (Lipinski definition) is 0. The molecule has 0 fully saturated rings. The Labute approximate surface area is 160 Å². The quantitative estimate of drug-likeness (QED) is 0.551. The molecule has 0 aliphatic carbocycles. The molecule has 3 aromatic heterocycles. The van der Waals surface area contributed by atoms with E-state index >= 15 is 0 Å². The number of carbonyl (C=O) groups is 2. The number of aromatic nitrogens is 3. The van der Waals surface area contributed by atoms with Crippen LogP contribution in [0, 0.1) is 0 Å². The molecule has 3 aromatic rings. The van der Waals surface area contributed by atoms with E-state index in [-0.39, 0.29) is 19.1 Å². The van der Waals surface area contributed by atoms with Crippen molar-refractivity contribution in [3.05, 3.63) is 47.4 Å². The Bertz CT molecular complexity index is 900. The number of aryl methyl sites for hydroxylation is 1. The Hall–Kier alpha value is -2.94. The number of nitrogens with zero attached hydrogens (tertiary/aromatic N) is 4. The predicted octanol–water partition coefficient (Wildman–Crippen LogP) is 2.73. The summed E-state index contributed by atoms with van der Waals surface area (Å²) >= 11 is 1.50. The summed E-state index contributed by atoms with van der Waals surface area (Å²) in [7, 11) is 1.74. The van der Waals surface area contributed by atoms with Crippen LogP contribution in [0.1, 0.15) is 29.7 Å². The van der Waals surface area contributed by atoms with Crippen molar-refractivity contribution < 1.29 is 18.7 Å². The Morgan fingerprint density at radius 2 is 2.15 bits per heavy atom. The number of rotatable bonds is 8. The van der Waals surface area contributed by atoms with Crippen LogP contribution in [-0.4, -0.2) is 44.7 Å². The number of carbonyl (C=O) groups excluding carboxylic acids is 2. The van der Waals surface area contributed by atoms with Gasteiger partial charge in [0.25, 0.3) is 11.8 Å². The van der Waals surface area contributed by atoms with Crippen molar-refractivity contribution in [3.8, 4) is 10.8 Å². The van der Waals surface area contributed by atoms with Gasteiger partial charge in [0, 0.05) is 19.8 Å². The molecule has 0 unspecified atom stereocenters. The first kappa shape index (κ1) is 18.8. The average molecular weight is 388 g/mol. The SMILES string of the molecule is CCCN(Cc1nnc(-c2cccs2)o1)C(=O)COC(=O)c1cccn1C. The maximum Gasteiger partial charge on any atom is 0.355 e. The highest BCUT2D eigenvalue weighted by Gasteiger charge is 2.20. The third-order valence-corrected chi connectivity index (χ3v) is 4.71. The zero-order chi connectivity index (χ0) is 19.2. The maximum absolute atomic E-state index is 12.5. The second-order valence-corrected chi connectivity index (χ2v) is 6.82. The van der Waals surface area contributed by atoms with E-state index in [9.17, 15) is 9.59 Å². The number of amides is 1. The molecular weight excluding hydrogens is 368 g/mol. The van der Waals surface area contributed by atoms with Crippen molar-refractivity contribution in [2.75, 3.05) is 13.2 Å². The van der Waals surface area contributed by atoms with Gasteiger partial charge >= 0.3 is 5.97 Å². The summed E-state index contributed by atoms with van der Waals surface area (Å²) in [6, 6.07) is 7.17. The third kappa shape index (κ3) is 4.62. The van der Waals surface area contributed by atoms with Crippen LogP contribution >= 0.6 is 11.3 Å². The molecule has 3 rings (SSSR count). The van der Waals surface area contributed by atoms with E-state index in [2.05, 4.69) is 10.2 Å². The fourth-order valence-corrected chi connectivity index (χ4v) is 3.15. The van der Waals surface area contributed by atoms with Crippen LogP contribution in [0.25, 0.3) is 10.8 Å². The molecule has 27 heavy (non-hydrogen) atoms. The minimum absolute atomic E-state index is 0.173. The molecule has 0 atom stereocenters. The molecule has 0 saturated heterocycles. The molecule has 8 nitrogen and oxygen atoms in total. The minimum atomic E-state index is -0.537. The van der Waals surface area contributed by atoms with Gasteiger partial charge in [-0.1, -0.05) is 13.0 Å². The molecule has 3 heterocycles. The fraction of sp³-hybridized carbons (Fsp3) is 0.333. The van der Waals surface area contributed by atoms with Gasteiger partial charge in [-0.05, 0) is 30.0 Å². The molecule has 1 amide bonds. The molecule has 142 valence electrons. The van der Waals surface area contributed by atoms with Crippen LogP contribution in [0.4, 0.5) is 0 Å². The molecule has 0 aromatic carbocycles. The number of esters is 1. The van der Waals surface area contributed by atoms with Gasteiger partial charge in [0.1, 0.15) is 5.69 Å². The molecule has 0 N–H and O–H groups in total. The van der Waals surface area contributed by atoms with E-state index in [0.717, 1.165) is 11.3 Å². The lowest BCUT2D eigenvalue weighted by atomic mass is 10.3. The van der Waals surface area contributed by atoms with Gasteiger partial charge < -0.3 is 18.6 Å². The molecule has 0 spiro atoms. The van der Waals surface area contributed by atoms with Crippen molar-refractivity contribution in [3.63, 3.8) is 0 Å². The second-order valence-electron chi connectivity index (χ2n) is 5.87. The van der Waals surface area contributed by atoms with Gasteiger partial charge in [0.2, 0.25) is 5.89 Å². The van der Waals surface area contributed by atoms with Crippen molar-refractivity contribution in [2.45, 2.75) is 19.9 Å². The summed E-state index contributed by atoms with van der Waals surface area (Å²) < 4.78 is 12.4. The first-order chi connectivity index (χ1) is 13.1. The third-order valence-electron chi connectivity index (χ3n) is 3.85. The smallest absolute Gasteiger partial charge is 0.355 e. The molecule has 0 radical (unpaired) electrons. The first-order valence-electron chi connectivity index (χ1n) is 8.51. The molecule has 0 aliphatic rings. The van der Waals surface area contributed by atoms with Crippen LogP contribution in [-0.2, 0) is 23.1 Å². The van der Waals surface area contributed by atoms with E-state index in [4.69, 9.17) is 9.15 Å². The average Bonchev–Trinajstić information content (AvgIpc) is 3.40. The first-order valence-corrected chi connectivity index (χ1v) is 9.39. The van der Waals surface area contributed by atoms with Gasteiger partial charge in [0.05, 0.1) is 11.4 Å². The van der Waals surface area contributed by atoms with Gasteiger partial charge in [-0.2, -0.15) is 0 Å². The summed E-state index contributed by atoms with van der Waals surface area (Å²) in [6.07, 6.45) is 2.49. The molecule has 0 bridgehead atoms. The topological polar surface area (TPSA) is 90.5 Å². The second kappa shape index (κ2) is 8.63. The largest absolute Gasteiger partial charge is 0.451 e. The van der Waals surface area contributed by atoms with Crippen LogP contribution in [0.2, 0.25) is 0 Å². The molecular formula is C18H20N4O4S. The van der Waals surface area contributed by atoms with Gasteiger partial charge in [-0.3, -0.25) is 4.79 Å². The van der Waals surface area contributed by atoms with E-state index in [1.165, 1.54) is 11.3 Å². The van der Waals surface area contributed by atoms with E-state index in [0.29, 0.717) is 24.0 Å². The lowest BCUT2D eigenvalue weighted by Gasteiger charge is -2.20. The Morgan fingerprint density at radius 3 is 2.81 bits per heavy atom. The summed E-state index contributed by atoms with van der Waals surface area (Å²) in [4.78, 5) is 27.0. The van der Waals surface area contributed by atoms with Crippen LogP contribution in [0.5, 0.6) is 0 Å². The van der Waals surface area contributed by atoms with Gasteiger partial charge in [0.15, 0.2) is 6.61 Å². The Kier molecular flexibility index (Phi) is 6.02. The number of ether oxygens (including phenoxy) is 1. The highest BCUT2D eigenvalue weighted by molar-refractivity contribution is 7.13. The van der Waals surface area contributed by atoms with Gasteiger partial charge in [-0.25, -0.2) is 4.79 Å². The van der Waals surface area contributed by atoms with Crippen LogP contribution in [0.15, 0.2) is 40.3 Å². The zero-order valence-electron chi connectivity index (χ0n) is 15.1. The fourth-order valence-electron chi connectivity index (χ4n) is 2.51. The van der Waals surface area contributed by atoms with Crippen molar-refractivity contribution in [2.24, 2.45) is 7.05 Å². The minimum Gasteiger partial charge on any atom is -0.451 e.